The van der Waals surface area contributed by atoms with Crippen LogP contribution >= 0.6 is 0 Å². The molecule has 0 atom stereocenters. The lowest BCUT2D eigenvalue weighted by Crippen LogP contribution is -2.22. The molecule has 0 radical (unpaired) electrons. The summed E-state index contributed by atoms with van der Waals surface area (Å²) in [5, 5.41) is 3.04. The van der Waals surface area contributed by atoms with Crippen LogP contribution in [0.5, 0.6) is 0 Å². The van der Waals surface area contributed by atoms with Crippen molar-refractivity contribution in [1.29, 1.82) is 0 Å². The highest BCUT2D eigenvalue weighted by Gasteiger charge is 2.19. The van der Waals surface area contributed by atoms with Crippen molar-refractivity contribution >= 4 is 11.6 Å². The van der Waals surface area contributed by atoms with E-state index in [1.165, 1.54) is 31.2 Å². The summed E-state index contributed by atoms with van der Waals surface area (Å²) in [4.78, 5) is 12.1. The molecule has 92 valence electrons. The smallest absolute Gasteiger partial charge is 0.227 e. The molecule has 1 aliphatic carbocycles. The largest absolute Gasteiger partial charge is 0.326 e. The molecule has 0 aromatic heterocycles. The van der Waals surface area contributed by atoms with E-state index in [1.54, 1.807) is 0 Å². The summed E-state index contributed by atoms with van der Waals surface area (Å²) in [6.45, 7) is 2.04. The Morgan fingerprint density at radius 3 is 2.53 bits per heavy atom. The maximum Gasteiger partial charge on any atom is 0.227 e. The van der Waals surface area contributed by atoms with Gasteiger partial charge in [0.25, 0.3) is 0 Å². The second-order valence-corrected chi connectivity index (χ2v) is 5.05. The fraction of sp³-hybridized carbons (Fsp3) is 0.533. The van der Waals surface area contributed by atoms with E-state index in [2.05, 4.69) is 5.32 Å². The van der Waals surface area contributed by atoms with Gasteiger partial charge in [0.1, 0.15) is 0 Å². The van der Waals surface area contributed by atoms with E-state index in [-0.39, 0.29) is 11.8 Å². The van der Waals surface area contributed by atoms with Gasteiger partial charge in [0.15, 0.2) is 0 Å². The van der Waals surface area contributed by atoms with Crippen LogP contribution in [0.25, 0.3) is 0 Å². The zero-order chi connectivity index (χ0) is 12.1. The molecule has 0 unspecified atom stereocenters. The van der Waals surface area contributed by atoms with E-state index in [1.807, 2.05) is 31.2 Å². The molecule has 2 heteroatoms. The third kappa shape index (κ3) is 3.58. The first-order valence-corrected chi connectivity index (χ1v) is 6.63. The number of hydrogen-bond donors (Lipinski definition) is 1. The van der Waals surface area contributed by atoms with Gasteiger partial charge in [0.2, 0.25) is 5.91 Å². The van der Waals surface area contributed by atoms with Gasteiger partial charge in [-0.05, 0) is 37.5 Å². The Labute approximate surface area is 103 Å². The average molecular weight is 231 g/mol. The molecule has 1 N–H and O–H groups in total. The van der Waals surface area contributed by atoms with E-state index in [9.17, 15) is 4.79 Å². The summed E-state index contributed by atoms with van der Waals surface area (Å²) in [6.07, 6.45) is 7.08. The van der Waals surface area contributed by atoms with Crippen molar-refractivity contribution in [1.82, 2.24) is 0 Å². The van der Waals surface area contributed by atoms with Crippen LogP contribution in [0.2, 0.25) is 0 Å². The Hall–Kier alpha value is -1.31. The number of anilines is 1. The second kappa shape index (κ2) is 5.85. The molecule has 0 bridgehead atoms. The minimum Gasteiger partial charge on any atom is -0.326 e. The second-order valence-electron chi connectivity index (χ2n) is 5.05. The molecule has 0 spiro atoms. The van der Waals surface area contributed by atoms with Crippen molar-refractivity contribution in [3.63, 3.8) is 0 Å². The van der Waals surface area contributed by atoms with Crippen molar-refractivity contribution in [3.05, 3.63) is 29.8 Å². The Morgan fingerprint density at radius 1 is 1.18 bits per heavy atom. The Bertz CT molecular complexity index is 378. The predicted molar refractivity (Wildman–Crippen MR) is 71.0 cm³/mol. The summed E-state index contributed by atoms with van der Waals surface area (Å²) < 4.78 is 0. The van der Waals surface area contributed by atoms with Crippen molar-refractivity contribution in [2.45, 2.75) is 45.4 Å². The molecular weight excluding hydrogens is 210 g/mol. The van der Waals surface area contributed by atoms with Crippen LogP contribution < -0.4 is 5.32 Å². The van der Waals surface area contributed by atoms with Crippen LogP contribution in [0.1, 0.15) is 44.1 Å². The van der Waals surface area contributed by atoms with Gasteiger partial charge in [-0.1, -0.05) is 37.8 Å². The van der Waals surface area contributed by atoms with Gasteiger partial charge in [-0.15, -0.1) is 0 Å². The molecular formula is C15H21NO. The number of carbonyl (C=O) groups is 1. The number of amides is 1. The van der Waals surface area contributed by atoms with Gasteiger partial charge in [0, 0.05) is 11.6 Å². The highest BCUT2D eigenvalue weighted by molar-refractivity contribution is 5.92. The van der Waals surface area contributed by atoms with Gasteiger partial charge in [-0.2, -0.15) is 0 Å². The third-order valence-corrected chi connectivity index (χ3v) is 3.51. The van der Waals surface area contributed by atoms with Gasteiger partial charge < -0.3 is 5.32 Å². The lowest BCUT2D eigenvalue weighted by molar-refractivity contribution is -0.120. The van der Waals surface area contributed by atoms with E-state index in [4.69, 9.17) is 0 Å². The minimum absolute atomic E-state index is 0.206. The highest BCUT2D eigenvalue weighted by Crippen LogP contribution is 2.24. The maximum atomic E-state index is 12.1. The maximum absolute atomic E-state index is 12.1. The Morgan fingerprint density at radius 2 is 1.88 bits per heavy atom. The molecule has 2 rings (SSSR count). The summed E-state index contributed by atoms with van der Waals surface area (Å²) >= 11 is 0. The summed E-state index contributed by atoms with van der Waals surface area (Å²) in [5.74, 6) is 0.426. The van der Waals surface area contributed by atoms with Gasteiger partial charge >= 0.3 is 0 Å². The number of nitrogens with one attached hydrogen (secondary N) is 1. The van der Waals surface area contributed by atoms with Gasteiger partial charge in [0.05, 0.1) is 0 Å². The first-order chi connectivity index (χ1) is 8.25. The van der Waals surface area contributed by atoms with Gasteiger partial charge in [-0.25, -0.2) is 0 Å². The van der Waals surface area contributed by atoms with Crippen LogP contribution in [0, 0.1) is 12.8 Å². The number of aryl methyl sites for hydroxylation is 1. The lowest BCUT2D eigenvalue weighted by atomic mass is 9.99. The molecule has 0 heterocycles. The SMILES string of the molecule is Cc1cccc(NC(=O)C2CCCCCC2)c1. The zero-order valence-corrected chi connectivity index (χ0v) is 10.5. The summed E-state index contributed by atoms with van der Waals surface area (Å²) in [5.41, 5.74) is 2.11. The molecule has 1 saturated carbocycles. The molecule has 0 saturated heterocycles. The predicted octanol–water partition coefficient (Wildman–Crippen LogP) is 3.90. The van der Waals surface area contributed by atoms with Crippen LogP contribution in [-0.2, 0) is 4.79 Å². The van der Waals surface area contributed by atoms with E-state index in [0.717, 1.165) is 18.5 Å². The molecule has 0 aliphatic heterocycles. The minimum atomic E-state index is 0.206. The Balaban J connectivity index is 1.95. The molecule has 1 amide bonds. The molecule has 17 heavy (non-hydrogen) atoms. The van der Waals surface area contributed by atoms with Gasteiger partial charge in [-0.3, -0.25) is 4.79 Å². The summed E-state index contributed by atoms with van der Waals surface area (Å²) in [6, 6.07) is 8.01. The van der Waals surface area contributed by atoms with E-state index < -0.39 is 0 Å². The molecule has 1 aromatic carbocycles. The monoisotopic (exact) mass is 231 g/mol. The van der Waals surface area contributed by atoms with Crippen molar-refractivity contribution in [2.24, 2.45) is 5.92 Å². The quantitative estimate of drug-likeness (QED) is 0.768. The number of benzene rings is 1. The number of hydrogen-bond acceptors (Lipinski definition) is 1. The third-order valence-electron chi connectivity index (χ3n) is 3.51. The highest BCUT2D eigenvalue weighted by atomic mass is 16.1. The normalized spacial score (nSPS) is 17.5. The summed E-state index contributed by atoms with van der Waals surface area (Å²) in [7, 11) is 0. The number of carbonyl (C=O) groups excluding carboxylic acids is 1. The molecule has 1 aliphatic rings. The molecule has 2 nitrogen and oxygen atoms in total. The van der Waals surface area contributed by atoms with E-state index >= 15 is 0 Å². The van der Waals surface area contributed by atoms with E-state index in [0.29, 0.717) is 0 Å². The van der Waals surface area contributed by atoms with Crippen molar-refractivity contribution in [2.75, 3.05) is 5.32 Å². The molecule has 1 fully saturated rings. The topological polar surface area (TPSA) is 29.1 Å². The number of rotatable bonds is 2. The first kappa shape index (κ1) is 12.2. The fourth-order valence-corrected chi connectivity index (χ4v) is 2.51. The Kier molecular flexibility index (Phi) is 4.18. The average Bonchev–Trinajstić information content (AvgIpc) is 2.57. The van der Waals surface area contributed by atoms with Crippen molar-refractivity contribution < 1.29 is 4.79 Å². The van der Waals surface area contributed by atoms with Crippen LogP contribution in [0.15, 0.2) is 24.3 Å². The molecule has 1 aromatic rings. The lowest BCUT2D eigenvalue weighted by Gasteiger charge is -2.14. The van der Waals surface area contributed by atoms with Crippen molar-refractivity contribution in [3.8, 4) is 0 Å². The standard InChI is InChI=1S/C15H21NO/c1-12-7-6-10-14(11-12)16-15(17)13-8-4-2-3-5-9-13/h6-7,10-11,13H,2-5,8-9H2,1H3,(H,16,17). The fourth-order valence-electron chi connectivity index (χ4n) is 2.51. The zero-order valence-electron chi connectivity index (χ0n) is 10.5. The van der Waals surface area contributed by atoms with Crippen LogP contribution in [0.4, 0.5) is 5.69 Å². The first-order valence-electron chi connectivity index (χ1n) is 6.63. The van der Waals surface area contributed by atoms with Crippen LogP contribution in [0.3, 0.4) is 0 Å². The van der Waals surface area contributed by atoms with Crippen LogP contribution in [-0.4, -0.2) is 5.91 Å².